The lowest BCUT2D eigenvalue weighted by atomic mass is 10.1. The molecule has 0 aliphatic heterocycles. The van der Waals surface area contributed by atoms with Crippen LogP contribution in [0.4, 0.5) is 5.95 Å². The third-order valence-electron chi connectivity index (χ3n) is 4.14. The second-order valence-corrected chi connectivity index (χ2v) is 6.79. The summed E-state index contributed by atoms with van der Waals surface area (Å²) in [6.45, 7) is 5.60. The fourth-order valence-electron chi connectivity index (χ4n) is 3.01. The number of nitrogens with one attached hydrogen (secondary N) is 2. The highest BCUT2D eigenvalue weighted by atomic mass is 16.5. The Kier molecular flexibility index (Phi) is 5.68. The Morgan fingerprint density at radius 2 is 2.15 bits per heavy atom. The lowest BCUT2D eigenvalue weighted by Crippen LogP contribution is -2.15. The fraction of sp³-hybridized carbons (Fsp3) is 0.421. The van der Waals surface area contributed by atoms with E-state index in [0.29, 0.717) is 18.5 Å². The van der Waals surface area contributed by atoms with Crippen LogP contribution in [0.3, 0.4) is 0 Å². The van der Waals surface area contributed by atoms with E-state index in [-0.39, 0.29) is 12.3 Å². The zero-order chi connectivity index (χ0) is 18.5. The third kappa shape index (κ3) is 4.29. The van der Waals surface area contributed by atoms with Gasteiger partial charge in [-0.1, -0.05) is 32.0 Å². The summed E-state index contributed by atoms with van der Waals surface area (Å²) >= 11 is 0. The van der Waals surface area contributed by atoms with E-state index in [2.05, 4.69) is 45.0 Å². The van der Waals surface area contributed by atoms with Gasteiger partial charge >= 0.3 is 0 Å². The molecule has 0 aliphatic rings. The number of amides is 1. The van der Waals surface area contributed by atoms with Crippen LogP contribution in [0.2, 0.25) is 0 Å². The molecule has 7 heteroatoms. The molecule has 3 rings (SSSR count). The second-order valence-electron chi connectivity index (χ2n) is 6.79. The van der Waals surface area contributed by atoms with E-state index in [1.807, 2.05) is 24.4 Å². The summed E-state index contributed by atoms with van der Waals surface area (Å²) < 4.78 is 7.29. The Balaban J connectivity index is 1.72. The lowest BCUT2D eigenvalue weighted by Gasteiger charge is -2.03. The fourth-order valence-corrected chi connectivity index (χ4v) is 3.01. The number of aromatic nitrogens is 4. The van der Waals surface area contributed by atoms with E-state index in [0.717, 1.165) is 35.3 Å². The first kappa shape index (κ1) is 18.1. The van der Waals surface area contributed by atoms with Gasteiger partial charge in [-0.15, -0.1) is 5.10 Å². The Morgan fingerprint density at radius 1 is 1.35 bits per heavy atom. The molecule has 0 saturated carbocycles. The average Bonchev–Trinajstić information content (AvgIpc) is 3.17. The number of para-hydroxylation sites is 1. The minimum absolute atomic E-state index is 0.130. The van der Waals surface area contributed by atoms with Crippen LogP contribution < -0.4 is 5.32 Å². The van der Waals surface area contributed by atoms with Crippen LogP contribution >= 0.6 is 0 Å². The number of H-pyrrole nitrogens is 1. The van der Waals surface area contributed by atoms with Gasteiger partial charge in [0, 0.05) is 37.2 Å². The predicted molar refractivity (Wildman–Crippen MR) is 101 cm³/mol. The third-order valence-corrected chi connectivity index (χ3v) is 4.14. The zero-order valence-electron chi connectivity index (χ0n) is 15.5. The normalized spacial score (nSPS) is 11.4. The van der Waals surface area contributed by atoms with E-state index in [1.54, 1.807) is 7.11 Å². The van der Waals surface area contributed by atoms with Crippen LogP contribution in [0, 0.1) is 5.92 Å². The molecule has 0 radical (unpaired) electrons. The number of fused-ring (bicyclic) bond motifs is 1. The van der Waals surface area contributed by atoms with Crippen molar-refractivity contribution in [2.24, 2.45) is 5.92 Å². The summed E-state index contributed by atoms with van der Waals surface area (Å²) in [5.74, 6) is 1.46. The molecular weight excluding hydrogens is 330 g/mol. The van der Waals surface area contributed by atoms with Crippen LogP contribution in [-0.4, -0.2) is 39.4 Å². The highest BCUT2D eigenvalue weighted by Crippen LogP contribution is 2.22. The molecule has 0 fully saturated rings. The molecule has 2 aromatic heterocycles. The first-order chi connectivity index (χ1) is 12.6. The maximum Gasteiger partial charge on any atom is 0.248 e. The number of ether oxygens (including phenoxy) is 1. The molecule has 0 saturated heterocycles. The minimum Gasteiger partial charge on any atom is -0.383 e. The largest absolute Gasteiger partial charge is 0.383 e. The van der Waals surface area contributed by atoms with Crippen LogP contribution in [-0.2, 0) is 28.9 Å². The van der Waals surface area contributed by atoms with Gasteiger partial charge in [0.1, 0.15) is 5.82 Å². The van der Waals surface area contributed by atoms with Gasteiger partial charge in [-0.25, -0.2) is 0 Å². The molecule has 138 valence electrons. The van der Waals surface area contributed by atoms with Crippen molar-refractivity contribution in [1.29, 1.82) is 0 Å². The minimum atomic E-state index is -0.130. The molecule has 1 amide bonds. The number of aromatic amines is 1. The Labute approximate surface area is 152 Å². The quantitative estimate of drug-likeness (QED) is 0.651. The molecule has 2 heterocycles. The second kappa shape index (κ2) is 8.14. The van der Waals surface area contributed by atoms with E-state index in [9.17, 15) is 4.79 Å². The first-order valence-corrected chi connectivity index (χ1v) is 8.83. The van der Waals surface area contributed by atoms with Gasteiger partial charge in [-0.2, -0.15) is 4.98 Å². The molecule has 7 nitrogen and oxygen atoms in total. The van der Waals surface area contributed by atoms with Gasteiger partial charge in [0.25, 0.3) is 0 Å². The molecular formula is C19H25N5O2. The number of hydrogen-bond acceptors (Lipinski definition) is 4. The van der Waals surface area contributed by atoms with E-state index < -0.39 is 0 Å². The topological polar surface area (TPSA) is 84.8 Å². The summed E-state index contributed by atoms with van der Waals surface area (Å²) in [6.07, 6.45) is 3.09. The molecule has 26 heavy (non-hydrogen) atoms. The molecule has 0 spiro atoms. The van der Waals surface area contributed by atoms with Crippen molar-refractivity contribution >= 4 is 22.8 Å². The summed E-state index contributed by atoms with van der Waals surface area (Å²) in [4.78, 5) is 16.8. The van der Waals surface area contributed by atoms with Crippen molar-refractivity contribution in [3.63, 3.8) is 0 Å². The molecule has 2 N–H and O–H groups in total. The van der Waals surface area contributed by atoms with Crippen molar-refractivity contribution < 1.29 is 9.53 Å². The van der Waals surface area contributed by atoms with Gasteiger partial charge < -0.3 is 9.30 Å². The molecule has 0 bridgehead atoms. The standard InChI is InChI=1S/C19H25N5O2/c1-13(2)10-17-20-19(23-22-17)21-18(25)11-14-12-24(8-9-26-3)16-7-5-4-6-15(14)16/h4-7,12-13H,8-11H2,1-3H3,(H2,20,21,22,23,25). The number of anilines is 1. The predicted octanol–water partition coefficient (Wildman–Crippen LogP) is 2.79. The number of benzene rings is 1. The molecule has 0 aliphatic carbocycles. The van der Waals surface area contributed by atoms with Gasteiger partial charge in [0.2, 0.25) is 11.9 Å². The van der Waals surface area contributed by atoms with Crippen LogP contribution in [0.5, 0.6) is 0 Å². The number of carbonyl (C=O) groups excluding carboxylic acids is 1. The van der Waals surface area contributed by atoms with Gasteiger partial charge in [0.05, 0.1) is 13.0 Å². The smallest absolute Gasteiger partial charge is 0.248 e. The van der Waals surface area contributed by atoms with E-state index >= 15 is 0 Å². The van der Waals surface area contributed by atoms with Crippen LogP contribution in [0.25, 0.3) is 10.9 Å². The maximum absolute atomic E-state index is 12.4. The highest BCUT2D eigenvalue weighted by Gasteiger charge is 2.14. The maximum atomic E-state index is 12.4. The number of hydrogen-bond donors (Lipinski definition) is 2. The SMILES string of the molecule is COCCn1cc(CC(=O)Nc2n[nH]c(CC(C)C)n2)c2ccccc21. The lowest BCUT2D eigenvalue weighted by molar-refractivity contribution is -0.115. The summed E-state index contributed by atoms with van der Waals surface area (Å²) in [5, 5.41) is 10.8. The highest BCUT2D eigenvalue weighted by molar-refractivity contribution is 5.94. The van der Waals surface area contributed by atoms with Crippen molar-refractivity contribution in [2.75, 3.05) is 19.0 Å². The Bertz CT molecular complexity index is 881. The van der Waals surface area contributed by atoms with Gasteiger partial charge in [-0.05, 0) is 17.5 Å². The zero-order valence-corrected chi connectivity index (χ0v) is 15.5. The van der Waals surface area contributed by atoms with Crippen molar-refractivity contribution in [3.8, 4) is 0 Å². The van der Waals surface area contributed by atoms with Crippen LogP contribution in [0.1, 0.15) is 25.2 Å². The Morgan fingerprint density at radius 3 is 2.92 bits per heavy atom. The monoisotopic (exact) mass is 355 g/mol. The van der Waals surface area contributed by atoms with Crippen LogP contribution in [0.15, 0.2) is 30.5 Å². The number of carbonyl (C=O) groups is 1. The number of nitrogens with zero attached hydrogens (tertiary/aromatic N) is 3. The van der Waals surface area contributed by atoms with Gasteiger partial charge in [0.15, 0.2) is 0 Å². The number of rotatable bonds is 8. The van der Waals surface area contributed by atoms with E-state index in [1.165, 1.54) is 0 Å². The Hall–Kier alpha value is -2.67. The van der Waals surface area contributed by atoms with Crippen molar-refractivity contribution in [2.45, 2.75) is 33.2 Å². The molecule has 3 aromatic rings. The summed E-state index contributed by atoms with van der Waals surface area (Å²) in [6, 6.07) is 8.08. The summed E-state index contributed by atoms with van der Waals surface area (Å²) in [5.41, 5.74) is 2.08. The molecule has 0 unspecified atom stereocenters. The van der Waals surface area contributed by atoms with Crippen molar-refractivity contribution in [1.82, 2.24) is 19.7 Å². The molecule has 1 aromatic carbocycles. The van der Waals surface area contributed by atoms with Gasteiger partial charge in [-0.3, -0.25) is 15.2 Å². The summed E-state index contributed by atoms with van der Waals surface area (Å²) in [7, 11) is 1.68. The van der Waals surface area contributed by atoms with E-state index in [4.69, 9.17) is 4.74 Å². The average molecular weight is 355 g/mol. The molecule has 0 atom stereocenters. The van der Waals surface area contributed by atoms with Crippen molar-refractivity contribution in [3.05, 3.63) is 41.9 Å². The number of methoxy groups -OCH3 is 1. The first-order valence-electron chi connectivity index (χ1n) is 8.83.